The van der Waals surface area contributed by atoms with E-state index >= 15 is 0 Å². The molecule has 5 heteroatoms. The Morgan fingerprint density at radius 1 is 1.50 bits per heavy atom. The first kappa shape index (κ1) is 11.5. The standard InChI is InChI=1S/C11H10BrFN2S/c1-2-9-15-10(11(14)16-9)6-3-4-8(13)7(12)5-6/h3-5H,2,14H2,1H3. The van der Waals surface area contributed by atoms with E-state index in [4.69, 9.17) is 5.73 Å². The third-order valence-electron chi connectivity index (χ3n) is 2.19. The third-order valence-corrected chi connectivity index (χ3v) is 3.83. The predicted molar refractivity (Wildman–Crippen MR) is 69.0 cm³/mol. The van der Waals surface area contributed by atoms with Crippen molar-refractivity contribution in [2.24, 2.45) is 0 Å². The first-order chi connectivity index (χ1) is 7.61. The van der Waals surface area contributed by atoms with Gasteiger partial charge in [0.15, 0.2) is 0 Å². The number of thiazole rings is 1. The van der Waals surface area contributed by atoms with Crippen molar-refractivity contribution in [3.05, 3.63) is 33.5 Å². The van der Waals surface area contributed by atoms with Crippen LogP contribution in [0, 0.1) is 5.82 Å². The second-order valence-corrected chi connectivity index (χ2v) is 5.27. The molecule has 0 saturated carbocycles. The molecule has 1 aromatic carbocycles. The van der Waals surface area contributed by atoms with E-state index in [9.17, 15) is 4.39 Å². The van der Waals surface area contributed by atoms with E-state index in [1.54, 1.807) is 12.1 Å². The average Bonchev–Trinajstić information content (AvgIpc) is 2.64. The number of anilines is 1. The maximum Gasteiger partial charge on any atom is 0.137 e. The number of halogens is 2. The number of rotatable bonds is 2. The number of aryl methyl sites for hydroxylation is 1. The number of nitrogens with zero attached hydrogens (tertiary/aromatic N) is 1. The van der Waals surface area contributed by atoms with Gasteiger partial charge in [0.25, 0.3) is 0 Å². The molecule has 0 saturated heterocycles. The van der Waals surface area contributed by atoms with Gasteiger partial charge in [-0.25, -0.2) is 9.37 Å². The molecule has 0 unspecified atom stereocenters. The molecule has 2 aromatic rings. The topological polar surface area (TPSA) is 38.9 Å². The molecular formula is C11H10BrFN2S. The molecule has 2 nitrogen and oxygen atoms in total. The minimum absolute atomic E-state index is 0.284. The molecule has 1 aromatic heterocycles. The van der Waals surface area contributed by atoms with E-state index in [0.29, 0.717) is 9.47 Å². The van der Waals surface area contributed by atoms with Gasteiger partial charge in [-0.2, -0.15) is 0 Å². The largest absolute Gasteiger partial charge is 0.389 e. The van der Waals surface area contributed by atoms with Gasteiger partial charge in [-0.3, -0.25) is 0 Å². The van der Waals surface area contributed by atoms with Gasteiger partial charge in [0.2, 0.25) is 0 Å². The molecule has 0 atom stereocenters. The number of aromatic nitrogens is 1. The van der Waals surface area contributed by atoms with Crippen LogP contribution in [0.1, 0.15) is 11.9 Å². The zero-order valence-corrected chi connectivity index (χ0v) is 11.0. The molecule has 1 heterocycles. The van der Waals surface area contributed by atoms with Gasteiger partial charge in [-0.15, -0.1) is 11.3 Å². The summed E-state index contributed by atoms with van der Waals surface area (Å²) in [5, 5.41) is 1.67. The normalized spacial score (nSPS) is 10.7. The summed E-state index contributed by atoms with van der Waals surface area (Å²) in [6.07, 6.45) is 0.858. The monoisotopic (exact) mass is 300 g/mol. The van der Waals surface area contributed by atoms with Gasteiger partial charge in [-0.1, -0.05) is 6.92 Å². The second-order valence-electron chi connectivity index (χ2n) is 3.30. The maximum atomic E-state index is 13.1. The van der Waals surface area contributed by atoms with Crippen molar-refractivity contribution in [1.29, 1.82) is 0 Å². The summed E-state index contributed by atoms with van der Waals surface area (Å²) in [7, 11) is 0. The van der Waals surface area contributed by atoms with Crippen molar-refractivity contribution >= 4 is 32.3 Å². The molecule has 0 aliphatic rings. The van der Waals surface area contributed by atoms with Crippen LogP contribution in [0.2, 0.25) is 0 Å². The van der Waals surface area contributed by atoms with Crippen LogP contribution in [0.15, 0.2) is 22.7 Å². The SMILES string of the molecule is CCc1nc(-c2ccc(F)c(Br)c2)c(N)s1. The van der Waals surface area contributed by atoms with Crippen LogP contribution < -0.4 is 5.73 Å². The Bertz CT molecular complexity index is 525. The highest BCUT2D eigenvalue weighted by molar-refractivity contribution is 9.10. The zero-order chi connectivity index (χ0) is 11.7. The van der Waals surface area contributed by atoms with Gasteiger partial charge >= 0.3 is 0 Å². The van der Waals surface area contributed by atoms with E-state index in [2.05, 4.69) is 20.9 Å². The van der Waals surface area contributed by atoms with E-state index in [1.807, 2.05) is 6.92 Å². The molecule has 0 aliphatic carbocycles. The highest BCUT2D eigenvalue weighted by atomic mass is 79.9. The lowest BCUT2D eigenvalue weighted by Crippen LogP contribution is -1.87. The number of hydrogen-bond donors (Lipinski definition) is 1. The summed E-state index contributed by atoms with van der Waals surface area (Å²) >= 11 is 4.63. The lowest BCUT2D eigenvalue weighted by Gasteiger charge is -2.00. The number of benzene rings is 1. The van der Waals surface area contributed by atoms with Gasteiger partial charge in [0.05, 0.1) is 9.48 Å². The fourth-order valence-corrected chi connectivity index (χ4v) is 2.55. The first-order valence-corrected chi connectivity index (χ1v) is 6.43. The van der Waals surface area contributed by atoms with Crippen molar-refractivity contribution < 1.29 is 4.39 Å². The highest BCUT2D eigenvalue weighted by Gasteiger charge is 2.11. The first-order valence-electron chi connectivity index (χ1n) is 4.82. The van der Waals surface area contributed by atoms with Crippen molar-refractivity contribution in [1.82, 2.24) is 4.98 Å². The lowest BCUT2D eigenvalue weighted by molar-refractivity contribution is 0.621. The molecule has 2 rings (SSSR count). The molecule has 0 aliphatic heterocycles. The molecule has 0 fully saturated rings. The molecular weight excluding hydrogens is 291 g/mol. The molecule has 0 spiro atoms. The number of nitrogens with two attached hydrogens (primary N) is 1. The van der Waals surface area contributed by atoms with Crippen LogP contribution in [-0.2, 0) is 6.42 Å². The predicted octanol–water partition coefficient (Wildman–Crippen LogP) is 3.86. The molecule has 84 valence electrons. The van der Waals surface area contributed by atoms with Crippen LogP contribution in [0.4, 0.5) is 9.39 Å². The van der Waals surface area contributed by atoms with Gasteiger partial charge in [0, 0.05) is 5.56 Å². The summed E-state index contributed by atoms with van der Waals surface area (Å²) in [4.78, 5) is 4.42. The maximum absolute atomic E-state index is 13.1. The molecule has 0 radical (unpaired) electrons. The van der Waals surface area contributed by atoms with Crippen LogP contribution in [-0.4, -0.2) is 4.98 Å². The van der Waals surface area contributed by atoms with Gasteiger partial charge < -0.3 is 5.73 Å². The Morgan fingerprint density at radius 2 is 2.25 bits per heavy atom. The fourth-order valence-electron chi connectivity index (χ4n) is 1.38. The Labute approximate surface area is 105 Å². The average molecular weight is 301 g/mol. The van der Waals surface area contributed by atoms with E-state index in [0.717, 1.165) is 22.7 Å². The van der Waals surface area contributed by atoms with Gasteiger partial charge in [0.1, 0.15) is 16.5 Å². The molecule has 16 heavy (non-hydrogen) atoms. The van der Waals surface area contributed by atoms with Crippen molar-refractivity contribution in [2.75, 3.05) is 5.73 Å². The van der Waals surface area contributed by atoms with E-state index in [1.165, 1.54) is 17.4 Å². The third kappa shape index (κ3) is 2.10. The summed E-state index contributed by atoms with van der Waals surface area (Å²) < 4.78 is 13.5. The number of hydrogen-bond acceptors (Lipinski definition) is 3. The summed E-state index contributed by atoms with van der Waals surface area (Å²) in [5.74, 6) is -0.284. The van der Waals surface area contributed by atoms with E-state index < -0.39 is 0 Å². The Kier molecular flexibility index (Phi) is 3.25. The molecule has 0 bridgehead atoms. The smallest absolute Gasteiger partial charge is 0.137 e. The Balaban J connectivity index is 2.49. The summed E-state index contributed by atoms with van der Waals surface area (Å²) in [5.41, 5.74) is 7.46. The minimum atomic E-state index is -0.284. The summed E-state index contributed by atoms with van der Waals surface area (Å²) in [6, 6.07) is 4.79. The highest BCUT2D eigenvalue weighted by Crippen LogP contribution is 2.32. The van der Waals surface area contributed by atoms with Crippen molar-refractivity contribution in [3.63, 3.8) is 0 Å². The lowest BCUT2D eigenvalue weighted by atomic mass is 10.1. The van der Waals surface area contributed by atoms with Crippen LogP contribution in [0.3, 0.4) is 0 Å². The molecule has 0 amide bonds. The van der Waals surface area contributed by atoms with Crippen LogP contribution >= 0.6 is 27.3 Å². The minimum Gasteiger partial charge on any atom is -0.389 e. The van der Waals surface area contributed by atoms with Gasteiger partial charge in [-0.05, 0) is 40.5 Å². The molecule has 2 N–H and O–H groups in total. The Hall–Kier alpha value is -0.940. The quantitative estimate of drug-likeness (QED) is 0.915. The van der Waals surface area contributed by atoms with Crippen molar-refractivity contribution in [3.8, 4) is 11.3 Å². The Morgan fingerprint density at radius 3 is 2.81 bits per heavy atom. The van der Waals surface area contributed by atoms with E-state index in [-0.39, 0.29) is 5.82 Å². The van der Waals surface area contributed by atoms with Crippen molar-refractivity contribution in [2.45, 2.75) is 13.3 Å². The second kappa shape index (κ2) is 4.51. The van der Waals surface area contributed by atoms with Crippen LogP contribution in [0.25, 0.3) is 11.3 Å². The number of nitrogen functional groups attached to an aromatic ring is 1. The zero-order valence-electron chi connectivity index (χ0n) is 8.63. The van der Waals surface area contributed by atoms with Crippen LogP contribution in [0.5, 0.6) is 0 Å². The summed E-state index contributed by atoms with van der Waals surface area (Å²) in [6.45, 7) is 2.03. The fraction of sp³-hybridized carbons (Fsp3) is 0.182.